The van der Waals surface area contributed by atoms with Crippen LogP contribution in [-0.4, -0.2) is 36.3 Å². The molecule has 0 saturated heterocycles. The average Bonchev–Trinajstić information content (AvgIpc) is 3.47. The van der Waals surface area contributed by atoms with Crippen LogP contribution in [0.2, 0.25) is 25.7 Å². The molecule has 2 amide bonds. The first-order valence-electron chi connectivity index (χ1n) is 14.3. The second-order valence-electron chi connectivity index (χ2n) is 11.7. The minimum Gasteiger partial charge on any atom is -0.360 e. The molecule has 1 aromatic heterocycles. The van der Waals surface area contributed by atoms with Crippen molar-refractivity contribution in [3.8, 4) is 0 Å². The maximum Gasteiger partial charge on any atom is 0.266 e. The third-order valence-corrected chi connectivity index (χ3v) is 9.98. The summed E-state index contributed by atoms with van der Waals surface area (Å²) in [5, 5.41) is 5.96. The van der Waals surface area contributed by atoms with Gasteiger partial charge in [-0.2, -0.15) is 5.10 Å². The van der Waals surface area contributed by atoms with Crippen molar-refractivity contribution in [3.63, 3.8) is 0 Å². The lowest BCUT2D eigenvalue weighted by molar-refractivity contribution is 0.0816. The summed E-state index contributed by atoms with van der Waals surface area (Å²) in [7, 11) is -1.20. The van der Waals surface area contributed by atoms with Gasteiger partial charge in [-0.05, 0) is 66.2 Å². The van der Waals surface area contributed by atoms with Crippen LogP contribution in [0.25, 0.3) is 23.1 Å². The fourth-order valence-electron chi connectivity index (χ4n) is 4.98. The Morgan fingerprint density at radius 2 is 1.49 bits per heavy atom. The Morgan fingerprint density at radius 3 is 2.21 bits per heavy atom. The molecule has 0 spiro atoms. The van der Waals surface area contributed by atoms with E-state index in [0.717, 1.165) is 38.0 Å². The van der Waals surface area contributed by atoms with Crippen LogP contribution in [-0.2, 0) is 11.5 Å². The van der Waals surface area contributed by atoms with Gasteiger partial charge in [0.2, 0.25) is 0 Å². The van der Waals surface area contributed by atoms with E-state index in [1.165, 1.54) is 4.90 Å². The molecule has 1 aliphatic rings. The Kier molecular flexibility index (Phi) is 8.16. The second kappa shape index (κ2) is 12.2. The number of hydrogen-bond donors (Lipinski definition) is 0. The van der Waals surface area contributed by atoms with Gasteiger partial charge in [-0.25, -0.2) is 9.58 Å². The lowest BCUT2D eigenvalue weighted by atomic mass is 10.1. The van der Waals surface area contributed by atoms with Crippen LogP contribution < -0.4 is 4.90 Å². The molecule has 0 atom stereocenters. The molecule has 6 nitrogen and oxygen atoms in total. The highest BCUT2D eigenvalue weighted by Gasteiger charge is 2.36. The highest BCUT2D eigenvalue weighted by atomic mass is 32.2. The van der Waals surface area contributed by atoms with E-state index in [9.17, 15) is 9.59 Å². The molecule has 0 fully saturated rings. The van der Waals surface area contributed by atoms with E-state index in [-0.39, 0.29) is 11.8 Å². The predicted molar refractivity (Wildman–Crippen MR) is 177 cm³/mol. The number of benzene rings is 4. The van der Waals surface area contributed by atoms with Crippen molar-refractivity contribution >= 4 is 60.4 Å². The molecular weight excluding hydrogens is 571 g/mol. The molecule has 0 unspecified atom stereocenters. The van der Waals surface area contributed by atoms with Gasteiger partial charge in [-0.3, -0.25) is 9.59 Å². The van der Waals surface area contributed by atoms with Gasteiger partial charge in [0, 0.05) is 29.9 Å². The molecule has 0 bridgehead atoms. The summed E-state index contributed by atoms with van der Waals surface area (Å²) in [5.74, 6) is -0.587. The number of imide groups is 1. The summed E-state index contributed by atoms with van der Waals surface area (Å²) >= 11 is 1.58. The summed E-state index contributed by atoms with van der Waals surface area (Å²) in [5.41, 5.74) is 4.43. The molecule has 216 valence electrons. The number of amides is 2. The first-order valence-corrected chi connectivity index (χ1v) is 18.9. The molecule has 0 aliphatic carbocycles. The van der Waals surface area contributed by atoms with Gasteiger partial charge in [-0.15, -0.1) is 0 Å². The maximum absolute atomic E-state index is 13.0. The number of nitrogens with zero attached hydrogens (tertiary/aromatic N) is 3. The van der Waals surface area contributed by atoms with Crippen molar-refractivity contribution in [2.75, 3.05) is 11.5 Å². The Bertz CT molecular complexity index is 1810. The number of carbonyl (C=O) groups is 2. The largest absolute Gasteiger partial charge is 0.360 e. The summed E-state index contributed by atoms with van der Waals surface area (Å²) in [6.07, 6.45) is 4.13. The average molecular weight is 604 g/mol. The zero-order valence-corrected chi connectivity index (χ0v) is 26.3. The lowest BCUT2D eigenvalue weighted by Gasteiger charge is -2.15. The van der Waals surface area contributed by atoms with E-state index in [1.807, 2.05) is 41.1 Å². The molecule has 5 aromatic rings. The Labute approximate surface area is 257 Å². The molecule has 1 aliphatic heterocycles. The van der Waals surface area contributed by atoms with Crippen LogP contribution in [0.15, 0.2) is 107 Å². The van der Waals surface area contributed by atoms with Crippen molar-refractivity contribution in [1.82, 2.24) is 9.78 Å². The number of ether oxygens (including phenoxy) is 1. The van der Waals surface area contributed by atoms with Gasteiger partial charge in [-0.1, -0.05) is 86.0 Å². The summed E-state index contributed by atoms with van der Waals surface area (Å²) in [6, 6.07) is 32.1. The van der Waals surface area contributed by atoms with Crippen molar-refractivity contribution < 1.29 is 14.3 Å². The van der Waals surface area contributed by atoms with E-state index in [0.29, 0.717) is 30.2 Å². The van der Waals surface area contributed by atoms with Crippen molar-refractivity contribution in [2.45, 2.75) is 42.2 Å². The van der Waals surface area contributed by atoms with Gasteiger partial charge in [0.25, 0.3) is 11.8 Å². The Hall–Kier alpha value is -4.24. The number of anilines is 1. The molecule has 0 N–H and O–H groups in total. The SMILES string of the molecule is C[Si](C)(C)CCOCn1nc(/C=C/c2ccccc2)c2ccc(Sc3cccc(N4C(=O)c5ccccc5C4=O)c3)cc21. The summed E-state index contributed by atoms with van der Waals surface area (Å²) in [4.78, 5) is 29.3. The van der Waals surface area contributed by atoms with E-state index >= 15 is 0 Å². The molecule has 2 heterocycles. The first-order chi connectivity index (χ1) is 20.8. The second-order valence-corrected chi connectivity index (χ2v) is 18.5. The monoisotopic (exact) mass is 603 g/mol. The van der Waals surface area contributed by atoms with Crippen LogP contribution in [0.1, 0.15) is 32.0 Å². The Balaban J connectivity index is 1.27. The third-order valence-electron chi connectivity index (χ3n) is 7.30. The van der Waals surface area contributed by atoms with Gasteiger partial charge < -0.3 is 4.74 Å². The molecular formula is C35H33N3O3SSi. The van der Waals surface area contributed by atoms with Gasteiger partial charge in [0.05, 0.1) is 28.0 Å². The van der Waals surface area contributed by atoms with Crippen molar-refractivity contribution in [2.24, 2.45) is 0 Å². The number of fused-ring (bicyclic) bond motifs is 2. The van der Waals surface area contributed by atoms with Crippen LogP contribution in [0.3, 0.4) is 0 Å². The van der Waals surface area contributed by atoms with Crippen LogP contribution in [0.4, 0.5) is 5.69 Å². The third kappa shape index (κ3) is 6.41. The fraction of sp³-hybridized carbons (Fsp3) is 0.171. The van der Waals surface area contributed by atoms with E-state index < -0.39 is 8.07 Å². The van der Waals surface area contributed by atoms with Gasteiger partial charge in [0.1, 0.15) is 6.73 Å². The number of rotatable bonds is 10. The molecule has 43 heavy (non-hydrogen) atoms. The van der Waals surface area contributed by atoms with Crippen LogP contribution >= 0.6 is 11.8 Å². The molecule has 0 radical (unpaired) electrons. The topological polar surface area (TPSA) is 64.4 Å². The van der Waals surface area contributed by atoms with E-state index in [4.69, 9.17) is 9.84 Å². The lowest BCUT2D eigenvalue weighted by Crippen LogP contribution is -2.29. The van der Waals surface area contributed by atoms with Crippen LogP contribution in [0, 0.1) is 0 Å². The first kappa shape index (κ1) is 28.9. The minimum atomic E-state index is -1.20. The number of carbonyl (C=O) groups excluding carboxylic acids is 2. The van der Waals surface area contributed by atoms with Gasteiger partial charge >= 0.3 is 0 Å². The number of hydrogen-bond acceptors (Lipinski definition) is 5. The fourth-order valence-corrected chi connectivity index (χ4v) is 6.64. The highest BCUT2D eigenvalue weighted by molar-refractivity contribution is 7.99. The summed E-state index contributed by atoms with van der Waals surface area (Å²) < 4.78 is 8.03. The molecule has 0 saturated carbocycles. The standard InChI is InChI=1S/C35H33N3O3SSi/c1-43(2,3)21-20-41-24-37-33-23-28(17-18-31(33)32(36-37)19-16-25-10-5-4-6-11-25)42-27-13-9-12-26(22-27)38-34(39)29-14-7-8-15-30(29)35(38)40/h4-19,22-23H,20-21,24H2,1-3H3/b19-16+. The quantitative estimate of drug-likeness (QED) is 0.0910. The van der Waals surface area contributed by atoms with E-state index in [1.54, 1.807) is 42.1 Å². The van der Waals surface area contributed by atoms with Gasteiger partial charge in [0.15, 0.2) is 0 Å². The van der Waals surface area contributed by atoms with Crippen molar-refractivity contribution in [1.29, 1.82) is 0 Å². The molecule has 6 rings (SSSR count). The molecule has 8 heteroatoms. The minimum absolute atomic E-state index is 0.293. The zero-order chi connectivity index (χ0) is 30.0. The molecule has 4 aromatic carbocycles. The normalized spacial score (nSPS) is 13.4. The summed E-state index contributed by atoms with van der Waals surface area (Å²) in [6.45, 7) is 8.13. The van der Waals surface area contributed by atoms with Crippen molar-refractivity contribution in [3.05, 3.63) is 119 Å². The zero-order valence-electron chi connectivity index (χ0n) is 24.5. The smallest absolute Gasteiger partial charge is 0.266 e. The van der Waals surface area contributed by atoms with Crippen LogP contribution in [0.5, 0.6) is 0 Å². The highest BCUT2D eigenvalue weighted by Crippen LogP contribution is 2.35. The Morgan fingerprint density at radius 1 is 0.791 bits per heavy atom. The maximum atomic E-state index is 13.0. The number of aromatic nitrogens is 2. The predicted octanol–water partition coefficient (Wildman–Crippen LogP) is 8.47. The van der Waals surface area contributed by atoms with E-state index in [2.05, 4.69) is 62.1 Å².